The van der Waals surface area contributed by atoms with Crippen LogP contribution in [0.3, 0.4) is 0 Å². The van der Waals surface area contributed by atoms with Gasteiger partial charge in [0.05, 0.1) is 17.7 Å². The summed E-state index contributed by atoms with van der Waals surface area (Å²) in [5.41, 5.74) is 5.51. The summed E-state index contributed by atoms with van der Waals surface area (Å²) < 4.78 is 3.50. The van der Waals surface area contributed by atoms with Crippen LogP contribution in [0.2, 0.25) is 0 Å². The molecule has 1 N–H and O–H groups in total. The lowest BCUT2D eigenvalue weighted by Crippen LogP contribution is -2.13. The summed E-state index contributed by atoms with van der Waals surface area (Å²) in [4.78, 5) is 12.6. The largest absolute Gasteiger partial charge is 0.346 e. The molecule has 1 saturated carbocycles. The van der Waals surface area contributed by atoms with Crippen LogP contribution in [0.25, 0.3) is 33.5 Å². The molecule has 1 aliphatic rings. The van der Waals surface area contributed by atoms with E-state index in [0.717, 1.165) is 26.8 Å². The van der Waals surface area contributed by atoms with Gasteiger partial charge in [-0.15, -0.1) is 0 Å². The molecule has 4 nitrogen and oxygen atoms in total. The van der Waals surface area contributed by atoms with Crippen LogP contribution in [0.4, 0.5) is 0 Å². The highest BCUT2D eigenvalue weighted by molar-refractivity contribution is 9.10. The standard InChI is InChI=1S/C22H21BrN4/c23-16-8-6-15(7-9-16)20-21(18-10-12-24-22-19(18)11-13-25-22)27(14-26-20)17-4-2-1-3-5-17/h6-14,17H,1-5H2,(H,24,25). The van der Waals surface area contributed by atoms with Gasteiger partial charge in [0.25, 0.3) is 0 Å². The topological polar surface area (TPSA) is 46.5 Å². The molecule has 1 aliphatic carbocycles. The Kier molecular flexibility index (Phi) is 4.32. The number of aromatic nitrogens is 4. The summed E-state index contributed by atoms with van der Waals surface area (Å²) in [6.45, 7) is 0. The summed E-state index contributed by atoms with van der Waals surface area (Å²) in [5, 5.41) is 1.15. The number of nitrogens with zero attached hydrogens (tertiary/aromatic N) is 3. The van der Waals surface area contributed by atoms with Gasteiger partial charge in [0.1, 0.15) is 5.65 Å². The van der Waals surface area contributed by atoms with Crippen LogP contribution in [0.1, 0.15) is 38.1 Å². The Morgan fingerprint density at radius 1 is 0.963 bits per heavy atom. The molecule has 1 fully saturated rings. The monoisotopic (exact) mass is 420 g/mol. The van der Waals surface area contributed by atoms with Crippen molar-refractivity contribution in [3.63, 3.8) is 0 Å². The fraction of sp³-hybridized carbons (Fsp3) is 0.273. The number of nitrogens with one attached hydrogen (secondary N) is 1. The fourth-order valence-corrected chi connectivity index (χ4v) is 4.51. The van der Waals surface area contributed by atoms with Crippen molar-refractivity contribution in [3.05, 3.63) is 59.6 Å². The Labute approximate surface area is 166 Å². The second kappa shape index (κ2) is 6.97. The number of halogens is 1. The molecule has 0 radical (unpaired) electrons. The molecule has 5 heteroatoms. The van der Waals surface area contributed by atoms with Gasteiger partial charge in [-0.25, -0.2) is 9.97 Å². The quantitative estimate of drug-likeness (QED) is 0.418. The Hall–Kier alpha value is -2.40. The molecule has 3 heterocycles. The summed E-state index contributed by atoms with van der Waals surface area (Å²) in [6, 6.07) is 13.2. The van der Waals surface area contributed by atoms with E-state index in [1.165, 1.54) is 43.4 Å². The van der Waals surface area contributed by atoms with Crippen LogP contribution in [0, 0.1) is 0 Å². The maximum atomic E-state index is 4.88. The van der Waals surface area contributed by atoms with E-state index in [0.29, 0.717) is 6.04 Å². The molecule has 4 aromatic rings. The molecule has 0 spiro atoms. The molecule has 0 saturated heterocycles. The number of hydrogen-bond donors (Lipinski definition) is 1. The highest BCUT2D eigenvalue weighted by Crippen LogP contribution is 2.39. The molecular formula is C22H21BrN4. The molecular weight excluding hydrogens is 400 g/mol. The summed E-state index contributed by atoms with van der Waals surface area (Å²) in [5.74, 6) is 0. The lowest BCUT2D eigenvalue weighted by molar-refractivity contribution is 0.355. The van der Waals surface area contributed by atoms with Crippen molar-refractivity contribution in [2.45, 2.75) is 38.1 Å². The SMILES string of the molecule is Brc1ccc(-c2ncn(C3CCCCC3)c2-c2ccnc3[nH]ccc23)cc1. The van der Waals surface area contributed by atoms with Crippen molar-refractivity contribution >= 4 is 27.0 Å². The predicted octanol–water partition coefficient (Wildman–Crippen LogP) is 6.36. The Bertz CT molecular complexity index is 1070. The summed E-state index contributed by atoms with van der Waals surface area (Å²) in [6.07, 6.45) is 12.3. The van der Waals surface area contributed by atoms with Crippen LogP contribution in [0.15, 0.2) is 59.6 Å². The van der Waals surface area contributed by atoms with E-state index >= 15 is 0 Å². The van der Waals surface area contributed by atoms with Gasteiger partial charge >= 0.3 is 0 Å². The molecule has 0 amide bonds. The number of imidazole rings is 1. The molecule has 5 rings (SSSR count). The van der Waals surface area contributed by atoms with Gasteiger partial charge in [0.15, 0.2) is 0 Å². The number of benzene rings is 1. The molecule has 1 aromatic carbocycles. The van der Waals surface area contributed by atoms with Crippen LogP contribution in [0.5, 0.6) is 0 Å². The zero-order chi connectivity index (χ0) is 18.2. The van der Waals surface area contributed by atoms with Gasteiger partial charge in [-0.05, 0) is 37.1 Å². The Morgan fingerprint density at radius 3 is 2.59 bits per heavy atom. The third-order valence-corrected chi connectivity index (χ3v) is 6.12. The van der Waals surface area contributed by atoms with E-state index < -0.39 is 0 Å². The molecule has 0 aliphatic heterocycles. The average molecular weight is 421 g/mol. The number of pyridine rings is 1. The van der Waals surface area contributed by atoms with Gasteiger partial charge in [0.2, 0.25) is 0 Å². The van der Waals surface area contributed by atoms with Gasteiger partial charge in [-0.1, -0.05) is 47.3 Å². The summed E-state index contributed by atoms with van der Waals surface area (Å²) >= 11 is 3.54. The predicted molar refractivity (Wildman–Crippen MR) is 113 cm³/mol. The second-order valence-corrected chi connectivity index (χ2v) is 8.16. The van der Waals surface area contributed by atoms with Crippen molar-refractivity contribution in [1.29, 1.82) is 0 Å². The van der Waals surface area contributed by atoms with Gasteiger partial charge in [-0.2, -0.15) is 0 Å². The minimum atomic E-state index is 0.521. The molecule has 3 aromatic heterocycles. The van der Waals surface area contributed by atoms with Crippen LogP contribution >= 0.6 is 15.9 Å². The number of aromatic amines is 1. The number of hydrogen-bond acceptors (Lipinski definition) is 2. The normalized spacial score (nSPS) is 15.4. The van der Waals surface area contributed by atoms with Crippen molar-refractivity contribution in [2.24, 2.45) is 0 Å². The third-order valence-electron chi connectivity index (χ3n) is 5.59. The highest BCUT2D eigenvalue weighted by Gasteiger charge is 2.23. The average Bonchev–Trinajstić information content (AvgIpc) is 3.36. The van der Waals surface area contributed by atoms with Crippen molar-refractivity contribution in [3.8, 4) is 22.5 Å². The molecule has 0 bridgehead atoms. The molecule has 27 heavy (non-hydrogen) atoms. The first-order valence-corrected chi connectivity index (χ1v) is 10.4. The number of rotatable bonds is 3. The fourth-order valence-electron chi connectivity index (χ4n) is 4.25. The van der Waals surface area contributed by atoms with Crippen molar-refractivity contribution < 1.29 is 0 Å². The van der Waals surface area contributed by atoms with Crippen molar-refractivity contribution in [2.75, 3.05) is 0 Å². The molecule has 0 atom stereocenters. The lowest BCUT2D eigenvalue weighted by atomic mass is 9.94. The third kappa shape index (κ3) is 3.00. The van der Waals surface area contributed by atoms with E-state index in [-0.39, 0.29) is 0 Å². The van der Waals surface area contributed by atoms with Crippen LogP contribution < -0.4 is 0 Å². The maximum absolute atomic E-state index is 4.88. The van der Waals surface area contributed by atoms with Gasteiger partial charge in [-0.3, -0.25) is 0 Å². The Balaban J connectivity index is 1.74. The summed E-state index contributed by atoms with van der Waals surface area (Å²) in [7, 11) is 0. The maximum Gasteiger partial charge on any atom is 0.137 e. The first-order valence-electron chi connectivity index (χ1n) is 9.56. The zero-order valence-corrected chi connectivity index (χ0v) is 16.6. The molecule has 0 unspecified atom stereocenters. The molecule has 136 valence electrons. The van der Waals surface area contributed by atoms with E-state index in [1.54, 1.807) is 0 Å². The lowest BCUT2D eigenvalue weighted by Gasteiger charge is -2.25. The smallest absolute Gasteiger partial charge is 0.137 e. The van der Waals surface area contributed by atoms with E-state index in [2.05, 4.69) is 66.9 Å². The van der Waals surface area contributed by atoms with Crippen LogP contribution in [-0.2, 0) is 0 Å². The number of fused-ring (bicyclic) bond motifs is 1. The van der Waals surface area contributed by atoms with E-state index in [4.69, 9.17) is 4.98 Å². The first-order chi connectivity index (χ1) is 13.3. The van der Waals surface area contributed by atoms with Crippen molar-refractivity contribution in [1.82, 2.24) is 19.5 Å². The first kappa shape index (κ1) is 16.8. The van der Waals surface area contributed by atoms with Gasteiger partial charge in [0, 0.05) is 39.4 Å². The number of H-pyrrole nitrogens is 1. The zero-order valence-electron chi connectivity index (χ0n) is 15.0. The highest BCUT2D eigenvalue weighted by atomic mass is 79.9. The van der Waals surface area contributed by atoms with Gasteiger partial charge < -0.3 is 9.55 Å². The minimum Gasteiger partial charge on any atom is -0.346 e. The Morgan fingerprint density at radius 2 is 1.78 bits per heavy atom. The minimum absolute atomic E-state index is 0.521. The second-order valence-electron chi connectivity index (χ2n) is 7.25. The van der Waals surface area contributed by atoms with E-state index in [9.17, 15) is 0 Å². The van der Waals surface area contributed by atoms with Crippen LogP contribution in [-0.4, -0.2) is 19.5 Å². The van der Waals surface area contributed by atoms with E-state index in [1.807, 2.05) is 18.7 Å².